The Morgan fingerprint density at radius 3 is 2.69 bits per heavy atom. The van der Waals surface area contributed by atoms with Crippen molar-refractivity contribution in [2.24, 2.45) is 10.7 Å². The Balaban J connectivity index is 1.35. The molecule has 35 heavy (non-hydrogen) atoms. The number of rotatable bonds is 5. The second kappa shape index (κ2) is 9.37. The summed E-state index contributed by atoms with van der Waals surface area (Å²) in [5.41, 5.74) is 8.73. The monoisotopic (exact) mass is 476 g/mol. The van der Waals surface area contributed by atoms with Crippen molar-refractivity contribution in [2.75, 3.05) is 43.9 Å². The lowest BCUT2D eigenvalue weighted by Gasteiger charge is -2.37. The fourth-order valence-electron chi connectivity index (χ4n) is 5.84. The molecule has 0 unspecified atom stereocenters. The van der Waals surface area contributed by atoms with Gasteiger partial charge in [-0.15, -0.1) is 0 Å². The van der Waals surface area contributed by atoms with E-state index in [0.29, 0.717) is 29.9 Å². The number of hydrogen-bond acceptors (Lipinski definition) is 5. The number of carbonyl (C=O) groups excluding carboxylic acids is 1. The third-order valence-corrected chi connectivity index (χ3v) is 7.83. The van der Waals surface area contributed by atoms with E-state index in [-0.39, 0.29) is 17.4 Å². The Hall–Kier alpha value is -3.33. The first-order chi connectivity index (χ1) is 16.9. The molecule has 2 aromatic rings. The number of guanidine groups is 1. The number of pyridine rings is 1. The molecule has 1 saturated heterocycles. The Kier molecular flexibility index (Phi) is 6.27. The number of nitrogens with one attached hydrogen (secondary N) is 2. The van der Waals surface area contributed by atoms with E-state index in [2.05, 4.69) is 56.7 Å². The minimum atomic E-state index is -0.149. The molecular weight excluding hydrogens is 440 g/mol. The Bertz CT molecular complexity index is 1120. The molecule has 1 aliphatic carbocycles. The molecular formula is C26H36N8O. The fraction of sp³-hybridized carbons (Fsp3) is 0.500. The Labute approximate surface area is 207 Å². The van der Waals surface area contributed by atoms with Crippen molar-refractivity contribution in [3.63, 3.8) is 0 Å². The third-order valence-electron chi connectivity index (χ3n) is 7.83. The van der Waals surface area contributed by atoms with Gasteiger partial charge in [-0.05, 0) is 58.0 Å². The number of nitrogens with two attached hydrogens (primary N) is 1. The van der Waals surface area contributed by atoms with E-state index in [1.165, 1.54) is 0 Å². The normalized spacial score (nSPS) is 20.3. The zero-order valence-corrected chi connectivity index (χ0v) is 20.8. The first-order valence-electron chi connectivity index (χ1n) is 12.6. The van der Waals surface area contributed by atoms with Crippen LogP contribution in [0.5, 0.6) is 0 Å². The zero-order valence-electron chi connectivity index (χ0n) is 20.8. The van der Waals surface area contributed by atoms with Gasteiger partial charge < -0.3 is 30.7 Å². The number of amides is 1. The summed E-state index contributed by atoms with van der Waals surface area (Å²) in [6.07, 6.45) is 10.2. The van der Waals surface area contributed by atoms with Crippen molar-refractivity contribution in [1.82, 2.24) is 19.8 Å². The van der Waals surface area contributed by atoms with Gasteiger partial charge in [0.25, 0.3) is 5.91 Å². The molecule has 0 bridgehead atoms. The molecule has 4 N–H and O–H groups in total. The molecule has 2 aromatic heterocycles. The third kappa shape index (κ3) is 4.40. The van der Waals surface area contributed by atoms with Crippen molar-refractivity contribution >= 4 is 35.3 Å². The van der Waals surface area contributed by atoms with Gasteiger partial charge in [0.05, 0.1) is 17.4 Å². The molecule has 3 aliphatic rings. The van der Waals surface area contributed by atoms with Gasteiger partial charge in [0.15, 0.2) is 0 Å². The fourth-order valence-corrected chi connectivity index (χ4v) is 5.84. The summed E-state index contributed by atoms with van der Waals surface area (Å²) in [6, 6.07) is 6.51. The summed E-state index contributed by atoms with van der Waals surface area (Å²) in [5, 5.41) is 6.19. The molecule has 2 aliphatic heterocycles. The summed E-state index contributed by atoms with van der Waals surface area (Å²) >= 11 is 0. The second-order valence-electron chi connectivity index (χ2n) is 10.2. The van der Waals surface area contributed by atoms with Crippen molar-refractivity contribution in [2.45, 2.75) is 50.1 Å². The quantitative estimate of drug-likeness (QED) is 0.453. The maximum atomic E-state index is 12.6. The summed E-state index contributed by atoms with van der Waals surface area (Å²) in [7, 11) is 4.30. The van der Waals surface area contributed by atoms with Crippen molar-refractivity contribution in [3.05, 3.63) is 42.2 Å². The predicted octanol–water partition coefficient (Wildman–Crippen LogP) is 3.13. The second-order valence-corrected chi connectivity index (χ2v) is 10.2. The van der Waals surface area contributed by atoms with Crippen LogP contribution < -0.4 is 21.3 Å². The molecule has 0 aromatic carbocycles. The average Bonchev–Trinajstić information content (AvgIpc) is 3.48. The summed E-state index contributed by atoms with van der Waals surface area (Å²) in [5.74, 6) is 1.47. The number of fused-ring (bicyclic) bond motifs is 2. The minimum absolute atomic E-state index is 0.0783. The van der Waals surface area contributed by atoms with Crippen LogP contribution in [0.1, 0.15) is 54.6 Å². The van der Waals surface area contributed by atoms with E-state index < -0.39 is 0 Å². The summed E-state index contributed by atoms with van der Waals surface area (Å²) in [4.78, 5) is 26.6. The van der Waals surface area contributed by atoms with Gasteiger partial charge >= 0.3 is 0 Å². The maximum Gasteiger partial charge on any atom is 0.268 e. The van der Waals surface area contributed by atoms with Crippen LogP contribution in [-0.4, -0.2) is 66.1 Å². The molecule has 0 atom stereocenters. The molecule has 9 nitrogen and oxygen atoms in total. The molecule has 1 spiro atoms. The number of anilines is 2. The van der Waals surface area contributed by atoms with Crippen LogP contribution in [0.3, 0.4) is 0 Å². The minimum Gasteiger partial charge on any atom is -0.370 e. The summed E-state index contributed by atoms with van der Waals surface area (Å²) < 4.78 is 2.10. The van der Waals surface area contributed by atoms with Gasteiger partial charge in [-0.2, -0.15) is 4.99 Å². The Morgan fingerprint density at radius 2 is 2.06 bits per heavy atom. The number of nitrogens with zero attached hydrogens (tertiary/aromatic N) is 5. The Morgan fingerprint density at radius 1 is 1.31 bits per heavy atom. The van der Waals surface area contributed by atoms with Gasteiger partial charge in [0, 0.05) is 31.2 Å². The topological polar surface area (TPSA) is 104 Å². The molecule has 186 valence electrons. The van der Waals surface area contributed by atoms with Crippen molar-refractivity contribution < 1.29 is 4.79 Å². The van der Waals surface area contributed by atoms with Crippen molar-refractivity contribution in [3.8, 4) is 0 Å². The van der Waals surface area contributed by atoms with Gasteiger partial charge in [0.2, 0.25) is 5.96 Å². The molecule has 2 fully saturated rings. The number of aliphatic imine (C=N–C) groups is 1. The number of hydrogen-bond donors (Lipinski definition) is 3. The molecule has 0 radical (unpaired) electrons. The first kappa shape index (κ1) is 23.4. The predicted molar refractivity (Wildman–Crippen MR) is 141 cm³/mol. The number of carbonyl (C=O) groups is 1. The van der Waals surface area contributed by atoms with E-state index in [0.717, 1.165) is 62.9 Å². The standard InChI is InChI=1S/C26H36N8O/c1-4-18-15-21-24(35)29-17-26(11-5-6-12-26)34(21)23(18)31-25(27)30-22-8-7-20(16-28-22)33-13-9-19(10-14-33)32(2)3/h4,7-8,15-16,19H,1,5-6,9-14,17H2,2-3H3,(H,29,35)(H3,27,28,30,31). The highest BCUT2D eigenvalue weighted by Gasteiger charge is 2.43. The number of aromatic nitrogens is 2. The van der Waals surface area contributed by atoms with Gasteiger partial charge in [0.1, 0.15) is 17.3 Å². The largest absolute Gasteiger partial charge is 0.370 e. The van der Waals surface area contributed by atoms with E-state index in [1.807, 2.05) is 18.3 Å². The molecule has 9 heteroatoms. The maximum absolute atomic E-state index is 12.6. The van der Waals surface area contributed by atoms with Gasteiger partial charge in [-0.1, -0.05) is 25.5 Å². The van der Waals surface area contributed by atoms with E-state index in [1.54, 1.807) is 6.08 Å². The van der Waals surface area contributed by atoms with Gasteiger partial charge in [-0.25, -0.2) is 4.98 Å². The average molecular weight is 477 g/mol. The van der Waals surface area contributed by atoms with Crippen LogP contribution in [-0.2, 0) is 5.54 Å². The highest BCUT2D eigenvalue weighted by molar-refractivity contribution is 5.98. The molecule has 1 saturated carbocycles. The first-order valence-corrected chi connectivity index (χ1v) is 12.6. The zero-order chi connectivity index (χ0) is 24.6. The highest BCUT2D eigenvalue weighted by atomic mass is 16.2. The van der Waals surface area contributed by atoms with E-state index in [4.69, 9.17) is 10.7 Å². The number of piperidine rings is 1. The van der Waals surface area contributed by atoms with E-state index in [9.17, 15) is 4.79 Å². The van der Waals surface area contributed by atoms with E-state index >= 15 is 0 Å². The molecule has 4 heterocycles. The smallest absolute Gasteiger partial charge is 0.268 e. The van der Waals surface area contributed by atoms with Crippen molar-refractivity contribution in [1.29, 1.82) is 0 Å². The van der Waals surface area contributed by atoms with Crippen LogP contribution in [0.15, 0.2) is 36.0 Å². The van der Waals surface area contributed by atoms with Crippen LogP contribution in [0.4, 0.5) is 17.3 Å². The lowest BCUT2D eigenvalue weighted by atomic mass is 9.94. The van der Waals surface area contributed by atoms with Crippen LogP contribution in [0.2, 0.25) is 0 Å². The van der Waals surface area contributed by atoms with Crippen LogP contribution in [0.25, 0.3) is 6.08 Å². The molecule has 5 rings (SSSR count). The summed E-state index contributed by atoms with van der Waals surface area (Å²) in [6.45, 7) is 6.61. The van der Waals surface area contributed by atoms with Gasteiger partial charge in [-0.3, -0.25) is 4.79 Å². The highest BCUT2D eigenvalue weighted by Crippen LogP contribution is 2.44. The van der Waals surface area contributed by atoms with Crippen LogP contribution in [0, 0.1) is 0 Å². The molecule has 1 amide bonds. The SMILES string of the molecule is C=Cc1cc2n(c1N=C(N)Nc1ccc(N3CCC(N(C)C)CC3)cn1)C1(CCCC1)CNC2=O. The lowest BCUT2D eigenvalue weighted by molar-refractivity contribution is 0.0874. The lowest BCUT2D eigenvalue weighted by Crippen LogP contribution is -2.50. The van der Waals surface area contributed by atoms with Crippen LogP contribution >= 0.6 is 0 Å².